The van der Waals surface area contributed by atoms with Crippen LogP contribution in [0.1, 0.15) is 20.8 Å². The van der Waals surface area contributed by atoms with Gasteiger partial charge in [0, 0.05) is 18.3 Å². The van der Waals surface area contributed by atoms with Crippen LogP contribution in [0.15, 0.2) is 30.4 Å². The molecule has 2 rings (SSSR count). The van der Waals surface area contributed by atoms with E-state index >= 15 is 0 Å². The summed E-state index contributed by atoms with van der Waals surface area (Å²) in [5.74, 6) is 0.754. The Balaban J connectivity index is 2.46. The fourth-order valence-electron chi connectivity index (χ4n) is 2.16. The highest BCUT2D eigenvalue weighted by Gasteiger charge is 2.36. The topological polar surface area (TPSA) is 55.6 Å². The number of fused-ring (bicyclic) bond motifs is 1. The fourth-order valence-corrected chi connectivity index (χ4v) is 2.16. The Bertz CT molecular complexity index is 523. The molecule has 0 aliphatic carbocycles. The zero-order chi connectivity index (χ0) is 14.2. The third-order valence-corrected chi connectivity index (χ3v) is 3.07. The minimum Gasteiger partial charge on any atom is -0.478 e. The van der Waals surface area contributed by atoms with Crippen molar-refractivity contribution in [2.24, 2.45) is 5.92 Å². The first-order valence-corrected chi connectivity index (χ1v) is 6.42. The summed E-state index contributed by atoms with van der Waals surface area (Å²) in [6, 6.07) is 5.36. The van der Waals surface area contributed by atoms with Gasteiger partial charge in [0.1, 0.15) is 5.75 Å². The van der Waals surface area contributed by atoms with Crippen molar-refractivity contribution < 1.29 is 9.53 Å². The highest BCUT2D eigenvalue weighted by molar-refractivity contribution is 6.00. The average molecular weight is 260 g/mol. The van der Waals surface area contributed by atoms with Gasteiger partial charge in [-0.05, 0) is 25.0 Å². The summed E-state index contributed by atoms with van der Waals surface area (Å²) in [6.45, 7) is 10.2. The molecule has 1 heterocycles. The van der Waals surface area contributed by atoms with Crippen molar-refractivity contribution in [3.63, 3.8) is 0 Å². The largest absolute Gasteiger partial charge is 0.478 e. The average Bonchev–Trinajstić information content (AvgIpc) is 2.31. The van der Waals surface area contributed by atoms with Crippen molar-refractivity contribution in [1.29, 1.82) is 0 Å². The Morgan fingerprint density at radius 2 is 2.21 bits per heavy atom. The molecular weight excluding hydrogens is 240 g/mol. The normalized spacial score (nSPS) is 18.2. The number of hydrogen-bond donors (Lipinski definition) is 1. The van der Waals surface area contributed by atoms with Crippen molar-refractivity contribution in [2.75, 3.05) is 17.2 Å². The monoisotopic (exact) mass is 260 g/mol. The molecule has 4 heteroatoms. The molecule has 0 saturated heterocycles. The second-order valence-electron chi connectivity index (χ2n) is 5.39. The van der Waals surface area contributed by atoms with Gasteiger partial charge in [-0.15, -0.1) is 0 Å². The minimum absolute atomic E-state index is 0.0183. The highest BCUT2D eigenvalue weighted by Crippen LogP contribution is 2.37. The lowest BCUT2D eigenvalue weighted by molar-refractivity contribution is -0.128. The van der Waals surface area contributed by atoms with E-state index in [0.29, 0.717) is 18.0 Å². The van der Waals surface area contributed by atoms with E-state index in [9.17, 15) is 4.79 Å². The molecule has 4 nitrogen and oxygen atoms in total. The Kier molecular flexibility index (Phi) is 3.51. The molecule has 102 valence electrons. The minimum atomic E-state index is -0.464. The van der Waals surface area contributed by atoms with E-state index in [1.807, 2.05) is 26.8 Å². The zero-order valence-electron chi connectivity index (χ0n) is 11.6. The molecule has 1 amide bonds. The van der Waals surface area contributed by atoms with Crippen LogP contribution < -0.4 is 15.4 Å². The van der Waals surface area contributed by atoms with Crippen LogP contribution in [0.3, 0.4) is 0 Å². The summed E-state index contributed by atoms with van der Waals surface area (Å²) in [7, 11) is 0. The number of carbonyl (C=O) groups excluding carboxylic acids is 1. The number of rotatable bonds is 3. The Labute approximate surface area is 113 Å². The van der Waals surface area contributed by atoms with Crippen LogP contribution in [0.5, 0.6) is 5.75 Å². The van der Waals surface area contributed by atoms with E-state index in [4.69, 9.17) is 10.5 Å². The van der Waals surface area contributed by atoms with Gasteiger partial charge in [-0.2, -0.15) is 0 Å². The van der Waals surface area contributed by atoms with Gasteiger partial charge in [0.15, 0.2) is 6.10 Å². The second-order valence-corrected chi connectivity index (χ2v) is 5.39. The maximum atomic E-state index is 12.5. The second kappa shape index (κ2) is 4.96. The first-order valence-electron chi connectivity index (χ1n) is 6.42. The molecule has 0 aromatic heterocycles. The molecule has 1 aromatic carbocycles. The predicted octanol–water partition coefficient (Wildman–Crippen LogP) is 2.59. The number of nitrogens with two attached hydrogens (primary N) is 1. The van der Waals surface area contributed by atoms with Crippen LogP contribution in [0.4, 0.5) is 11.4 Å². The Morgan fingerprint density at radius 3 is 2.79 bits per heavy atom. The quantitative estimate of drug-likeness (QED) is 0.671. The molecule has 19 heavy (non-hydrogen) atoms. The molecule has 0 saturated carbocycles. The molecule has 0 bridgehead atoms. The van der Waals surface area contributed by atoms with Crippen molar-refractivity contribution in [3.05, 3.63) is 30.4 Å². The van der Waals surface area contributed by atoms with E-state index in [1.165, 1.54) is 0 Å². The van der Waals surface area contributed by atoms with Crippen LogP contribution in [0.25, 0.3) is 0 Å². The van der Waals surface area contributed by atoms with E-state index < -0.39 is 6.10 Å². The lowest BCUT2D eigenvalue weighted by Crippen LogP contribution is -2.48. The standard InChI is InChI=1S/C15H20N2O2/c1-9(2)8-17-12-6-5-11(16)7-13(12)19-14(10(3)4)15(17)18/h5-7,10,14H,1,8,16H2,2-4H3. The lowest BCUT2D eigenvalue weighted by atomic mass is 10.0. The molecule has 1 atom stereocenters. The molecule has 1 aromatic rings. The summed E-state index contributed by atoms with van der Waals surface area (Å²) in [4.78, 5) is 14.2. The summed E-state index contributed by atoms with van der Waals surface area (Å²) >= 11 is 0. The molecule has 1 aliphatic heterocycles. The van der Waals surface area contributed by atoms with Crippen LogP contribution in [-0.4, -0.2) is 18.6 Å². The van der Waals surface area contributed by atoms with Crippen LogP contribution in [0.2, 0.25) is 0 Å². The molecule has 0 fully saturated rings. The van der Waals surface area contributed by atoms with Crippen molar-refractivity contribution in [1.82, 2.24) is 0 Å². The third kappa shape index (κ3) is 2.57. The Morgan fingerprint density at radius 1 is 1.53 bits per heavy atom. The first-order chi connectivity index (χ1) is 8.90. The van der Waals surface area contributed by atoms with Gasteiger partial charge in [0.2, 0.25) is 0 Å². The lowest BCUT2D eigenvalue weighted by Gasteiger charge is -2.36. The number of hydrogen-bond acceptors (Lipinski definition) is 3. The number of anilines is 2. The maximum absolute atomic E-state index is 12.5. The number of carbonyl (C=O) groups is 1. The smallest absolute Gasteiger partial charge is 0.268 e. The zero-order valence-corrected chi connectivity index (χ0v) is 11.6. The van der Waals surface area contributed by atoms with Gasteiger partial charge in [-0.1, -0.05) is 26.0 Å². The van der Waals surface area contributed by atoms with Crippen molar-refractivity contribution in [3.8, 4) is 5.75 Å². The van der Waals surface area contributed by atoms with Gasteiger partial charge in [-0.3, -0.25) is 4.79 Å². The maximum Gasteiger partial charge on any atom is 0.268 e. The van der Waals surface area contributed by atoms with Gasteiger partial charge in [-0.25, -0.2) is 0 Å². The predicted molar refractivity (Wildman–Crippen MR) is 77.3 cm³/mol. The number of benzene rings is 1. The molecular formula is C15H20N2O2. The van der Waals surface area contributed by atoms with E-state index in [1.54, 1.807) is 17.0 Å². The molecule has 1 unspecified atom stereocenters. The highest BCUT2D eigenvalue weighted by atomic mass is 16.5. The SMILES string of the molecule is C=C(C)CN1C(=O)C(C(C)C)Oc2cc(N)ccc21. The van der Waals surface area contributed by atoms with E-state index in [-0.39, 0.29) is 11.8 Å². The van der Waals surface area contributed by atoms with Crippen LogP contribution in [0, 0.1) is 5.92 Å². The Hall–Kier alpha value is -1.97. The van der Waals surface area contributed by atoms with Crippen molar-refractivity contribution >= 4 is 17.3 Å². The third-order valence-electron chi connectivity index (χ3n) is 3.07. The summed E-state index contributed by atoms with van der Waals surface area (Å²) in [5, 5.41) is 0. The van der Waals surface area contributed by atoms with Gasteiger partial charge >= 0.3 is 0 Å². The molecule has 0 radical (unpaired) electrons. The number of nitrogen functional groups attached to an aromatic ring is 1. The number of nitrogens with zero attached hydrogens (tertiary/aromatic N) is 1. The van der Waals surface area contributed by atoms with Crippen molar-refractivity contribution in [2.45, 2.75) is 26.9 Å². The summed E-state index contributed by atoms with van der Waals surface area (Å²) in [5.41, 5.74) is 8.11. The van der Waals surface area contributed by atoms with Crippen LogP contribution in [-0.2, 0) is 4.79 Å². The fraction of sp³-hybridized carbons (Fsp3) is 0.400. The number of amides is 1. The molecule has 1 aliphatic rings. The number of ether oxygens (including phenoxy) is 1. The van der Waals surface area contributed by atoms with Crippen LogP contribution >= 0.6 is 0 Å². The summed E-state index contributed by atoms with van der Waals surface area (Å²) < 4.78 is 5.80. The van der Waals surface area contributed by atoms with Gasteiger partial charge < -0.3 is 15.4 Å². The summed E-state index contributed by atoms with van der Waals surface area (Å²) in [6.07, 6.45) is -0.464. The van der Waals surface area contributed by atoms with E-state index in [0.717, 1.165) is 11.3 Å². The van der Waals surface area contributed by atoms with Gasteiger partial charge in [0.25, 0.3) is 5.91 Å². The molecule has 2 N–H and O–H groups in total. The van der Waals surface area contributed by atoms with E-state index in [2.05, 4.69) is 6.58 Å². The first kappa shape index (κ1) is 13.5. The van der Waals surface area contributed by atoms with Gasteiger partial charge in [0.05, 0.1) is 5.69 Å². The molecule has 0 spiro atoms.